The molecule has 0 atom stereocenters. The monoisotopic (exact) mass is 378 g/mol. The highest BCUT2D eigenvalue weighted by atomic mass is 35.5. The third-order valence-corrected chi connectivity index (χ3v) is 3.35. The molecule has 0 aliphatic heterocycles. The molecule has 2 aromatic rings. The molecule has 2 rings (SSSR count). The van der Waals surface area contributed by atoms with E-state index >= 15 is 0 Å². The Morgan fingerprint density at radius 2 is 1.92 bits per heavy atom. The van der Waals surface area contributed by atoms with E-state index in [2.05, 4.69) is 20.4 Å². The Balaban J connectivity index is 0.00000338. The van der Waals surface area contributed by atoms with Gasteiger partial charge in [-0.25, -0.2) is 4.57 Å². The Kier molecular flexibility index (Phi) is 9.35. The van der Waals surface area contributed by atoms with Gasteiger partial charge in [-0.15, -0.1) is 10.2 Å². The third kappa shape index (κ3) is 6.14. The van der Waals surface area contributed by atoms with Crippen LogP contribution in [0.15, 0.2) is 69.2 Å². The van der Waals surface area contributed by atoms with Crippen LogP contribution in [-0.4, -0.2) is 27.2 Å². The van der Waals surface area contributed by atoms with Gasteiger partial charge < -0.3 is 27.2 Å². The summed E-state index contributed by atoms with van der Waals surface area (Å²) in [4.78, 5) is 0. The number of aliphatic hydroxyl groups excluding tert-OH is 2. The molecule has 0 aliphatic carbocycles. The highest BCUT2D eigenvalue weighted by Crippen LogP contribution is 2.07. The maximum atomic E-state index is 9.32. The van der Waals surface area contributed by atoms with Crippen molar-refractivity contribution in [2.45, 2.75) is 27.1 Å². The summed E-state index contributed by atoms with van der Waals surface area (Å²) in [6.45, 7) is 4.18. The summed E-state index contributed by atoms with van der Waals surface area (Å²) in [7, 11) is 0. The molecule has 0 fully saturated rings. The first-order valence-corrected chi connectivity index (χ1v) is 8.04. The lowest BCUT2D eigenvalue weighted by atomic mass is 10.2. The molecule has 0 radical (unpaired) electrons. The Morgan fingerprint density at radius 3 is 2.62 bits per heavy atom. The molecule has 0 spiro atoms. The fourth-order valence-corrected chi connectivity index (χ4v) is 1.99. The van der Waals surface area contributed by atoms with E-state index in [0.717, 1.165) is 0 Å². The molecular formula is C17H23ClN6O2. The summed E-state index contributed by atoms with van der Waals surface area (Å²) in [5, 5.41) is 35.2. The van der Waals surface area contributed by atoms with E-state index in [-0.39, 0.29) is 31.7 Å². The molecule has 26 heavy (non-hydrogen) atoms. The van der Waals surface area contributed by atoms with Gasteiger partial charge in [0, 0.05) is 24.7 Å². The van der Waals surface area contributed by atoms with Crippen LogP contribution in [0.1, 0.15) is 13.8 Å². The summed E-state index contributed by atoms with van der Waals surface area (Å²) in [5.41, 5.74) is 0.620. The van der Waals surface area contributed by atoms with Gasteiger partial charge in [0.1, 0.15) is 0 Å². The van der Waals surface area contributed by atoms with Crippen molar-refractivity contribution in [3.63, 3.8) is 0 Å². The lowest BCUT2D eigenvalue weighted by molar-refractivity contribution is -0.718. The van der Waals surface area contributed by atoms with E-state index in [1.807, 2.05) is 44.3 Å². The summed E-state index contributed by atoms with van der Waals surface area (Å²) in [5.74, 6) is 1.01. The largest absolute Gasteiger partial charge is 1.00 e. The molecule has 0 bridgehead atoms. The smallest absolute Gasteiger partial charge is 0.352 e. The van der Waals surface area contributed by atoms with E-state index in [4.69, 9.17) is 5.11 Å². The lowest BCUT2D eigenvalue weighted by Crippen LogP contribution is -3.00. The number of hydrogen-bond acceptors (Lipinski definition) is 5. The molecule has 2 heterocycles. The minimum Gasteiger partial charge on any atom is -1.00 e. The number of halogens is 1. The Hall–Kier alpha value is -2.42. The number of aliphatic hydroxyl groups is 2. The van der Waals surface area contributed by atoms with Gasteiger partial charge in [-0.1, -0.05) is 26.0 Å². The molecule has 0 saturated heterocycles. The number of amidine groups is 1. The van der Waals surface area contributed by atoms with Crippen LogP contribution < -0.4 is 22.5 Å². The van der Waals surface area contributed by atoms with Gasteiger partial charge in [-0.3, -0.25) is 0 Å². The maximum Gasteiger partial charge on any atom is 0.352 e. The first-order valence-electron chi connectivity index (χ1n) is 8.04. The van der Waals surface area contributed by atoms with Crippen LogP contribution >= 0.6 is 0 Å². The van der Waals surface area contributed by atoms with Crippen LogP contribution in [0.25, 0.3) is 0 Å². The molecule has 0 aliphatic rings. The Bertz CT molecular complexity index is 817. The standard InChI is InChI=1S/C17H23N6O2.ClH/c1-14(2)17(21-19-16-8-4-6-10-23(16)13-25)20-18-15-7-3-5-9-22(15)11-12-24;/h3-10,14,24-25H,11-13H2,1-2H3;1H/q+1;/p-1. The minimum atomic E-state index is -0.182. The third-order valence-electron chi connectivity index (χ3n) is 3.35. The maximum absolute atomic E-state index is 9.32. The quantitative estimate of drug-likeness (QED) is 0.207. The molecule has 8 nitrogen and oxygen atoms in total. The summed E-state index contributed by atoms with van der Waals surface area (Å²) in [6, 6.07) is 10.9. The van der Waals surface area contributed by atoms with Gasteiger partial charge in [0.25, 0.3) is 0 Å². The number of nitrogens with zero attached hydrogens (tertiary/aromatic N) is 6. The first-order chi connectivity index (χ1) is 12.2. The zero-order chi connectivity index (χ0) is 18.1. The van der Waals surface area contributed by atoms with Crippen LogP contribution in [0.3, 0.4) is 0 Å². The Morgan fingerprint density at radius 1 is 1.15 bits per heavy atom. The molecule has 0 aromatic carbocycles. The normalized spacial score (nSPS) is 12.7. The second kappa shape index (κ2) is 11.2. The number of azo groups is 1. The van der Waals surface area contributed by atoms with E-state index in [1.165, 1.54) is 0 Å². The van der Waals surface area contributed by atoms with Crippen LogP contribution in [0, 0.1) is 5.92 Å². The molecular weight excluding hydrogens is 356 g/mol. The summed E-state index contributed by atoms with van der Waals surface area (Å²) >= 11 is 0. The second-order valence-electron chi connectivity index (χ2n) is 5.56. The van der Waals surface area contributed by atoms with Crippen molar-refractivity contribution < 1.29 is 27.2 Å². The highest BCUT2D eigenvalue weighted by molar-refractivity contribution is 5.84. The number of aromatic nitrogens is 2. The van der Waals surface area contributed by atoms with Gasteiger partial charge in [-0.05, 0) is 23.3 Å². The molecule has 0 saturated carbocycles. The average molecular weight is 379 g/mol. The van der Waals surface area contributed by atoms with E-state index in [0.29, 0.717) is 23.7 Å². The number of hydrogen-bond donors (Lipinski definition) is 2. The molecule has 140 valence electrons. The second-order valence-corrected chi connectivity index (χ2v) is 5.56. The fourth-order valence-electron chi connectivity index (χ4n) is 1.99. The molecule has 9 heteroatoms. The fraction of sp³-hybridized carbons (Fsp3) is 0.353. The first kappa shape index (κ1) is 21.6. The predicted octanol–water partition coefficient (Wildman–Crippen LogP) is -1.62. The van der Waals surface area contributed by atoms with Crippen LogP contribution in [0.5, 0.6) is 0 Å². The van der Waals surface area contributed by atoms with Crippen molar-refractivity contribution in [3.05, 3.63) is 54.3 Å². The van der Waals surface area contributed by atoms with Crippen molar-refractivity contribution in [1.29, 1.82) is 0 Å². The average Bonchev–Trinajstić information content (AvgIpc) is 2.63. The molecule has 2 aromatic heterocycles. The number of pyridine rings is 2. The van der Waals surface area contributed by atoms with E-state index in [1.54, 1.807) is 27.5 Å². The summed E-state index contributed by atoms with van der Waals surface area (Å²) in [6.07, 6.45) is 3.54. The van der Waals surface area contributed by atoms with Crippen molar-refractivity contribution in [3.8, 4) is 0 Å². The van der Waals surface area contributed by atoms with E-state index < -0.39 is 0 Å². The summed E-state index contributed by atoms with van der Waals surface area (Å²) < 4.78 is 3.36. The van der Waals surface area contributed by atoms with Gasteiger partial charge in [0.05, 0.1) is 17.9 Å². The van der Waals surface area contributed by atoms with Gasteiger partial charge in [0.2, 0.25) is 5.84 Å². The van der Waals surface area contributed by atoms with Gasteiger partial charge >= 0.3 is 5.82 Å². The Labute approximate surface area is 158 Å². The minimum absolute atomic E-state index is 0. The van der Waals surface area contributed by atoms with Crippen molar-refractivity contribution in [2.24, 2.45) is 26.3 Å². The molecule has 2 N–H and O–H groups in total. The van der Waals surface area contributed by atoms with Crippen molar-refractivity contribution in [1.82, 2.24) is 4.57 Å². The van der Waals surface area contributed by atoms with Crippen LogP contribution in [-0.2, 0) is 13.3 Å². The van der Waals surface area contributed by atoms with Gasteiger partial charge in [0.15, 0.2) is 12.2 Å². The van der Waals surface area contributed by atoms with Crippen LogP contribution in [0.2, 0.25) is 0 Å². The molecule has 0 amide bonds. The zero-order valence-corrected chi connectivity index (χ0v) is 15.5. The predicted molar refractivity (Wildman–Crippen MR) is 92.7 cm³/mol. The van der Waals surface area contributed by atoms with Gasteiger partial charge in [-0.2, -0.15) is 0 Å². The van der Waals surface area contributed by atoms with E-state index in [9.17, 15) is 5.11 Å². The van der Waals surface area contributed by atoms with Crippen molar-refractivity contribution >= 4 is 11.7 Å². The SMILES string of the molecule is CC(C)C(N=Nc1cccc[n+]1CO)=NN=c1ccccn1CCO.[Cl-]. The van der Waals surface area contributed by atoms with Crippen molar-refractivity contribution in [2.75, 3.05) is 6.61 Å². The topological polar surface area (TPSA) is 98.7 Å². The number of rotatable bonds is 6. The highest BCUT2D eigenvalue weighted by Gasteiger charge is 2.11. The lowest BCUT2D eigenvalue weighted by Gasteiger charge is -2.03. The zero-order valence-electron chi connectivity index (χ0n) is 14.8. The molecule has 0 unspecified atom stereocenters. The van der Waals surface area contributed by atoms with Crippen LogP contribution in [0.4, 0.5) is 5.82 Å².